The van der Waals surface area contributed by atoms with Gasteiger partial charge in [-0.25, -0.2) is 4.39 Å². The van der Waals surface area contributed by atoms with Gasteiger partial charge in [0.1, 0.15) is 11.9 Å². The number of amides is 1. The summed E-state index contributed by atoms with van der Waals surface area (Å²) >= 11 is 0. The molecule has 3 rings (SSSR count). The molecule has 24 heavy (non-hydrogen) atoms. The molecule has 0 spiro atoms. The first-order valence-electron chi connectivity index (χ1n) is 7.14. The minimum Gasteiger partial charge on any atom is -0.386 e. The number of aromatic nitrogens is 4. The van der Waals surface area contributed by atoms with Gasteiger partial charge in [0.25, 0.3) is 0 Å². The SMILES string of the molecule is NC(=O)c1ccc(-c2nnn(C[C@H](O)c3cccc(F)c3)n2)cc1. The van der Waals surface area contributed by atoms with Crippen molar-refractivity contribution in [1.82, 2.24) is 20.2 Å². The van der Waals surface area contributed by atoms with Gasteiger partial charge in [-0.2, -0.15) is 4.80 Å². The molecule has 0 saturated carbocycles. The Kier molecular flexibility index (Phi) is 4.30. The molecule has 2 aromatic carbocycles. The van der Waals surface area contributed by atoms with Gasteiger partial charge in [0.05, 0.1) is 6.54 Å². The molecule has 1 amide bonds. The average molecular weight is 327 g/mol. The summed E-state index contributed by atoms with van der Waals surface area (Å²) in [6.45, 7) is 0.0375. The van der Waals surface area contributed by atoms with Gasteiger partial charge in [-0.3, -0.25) is 4.79 Å². The van der Waals surface area contributed by atoms with E-state index in [1.165, 1.54) is 23.0 Å². The number of carbonyl (C=O) groups is 1. The second-order valence-electron chi connectivity index (χ2n) is 5.18. The fraction of sp³-hybridized carbons (Fsp3) is 0.125. The van der Waals surface area contributed by atoms with Gasteiger partial charge >= 0.3 is 0 Å². The lowest BCUT2D eigenvalue weighted by Crippen LogP contribution is -2.11. The monoisotopic (exact) mass is 327 g/mol. The van der Waals surface area contributed by atoms with E-state index in [0.29, 0.717) is 22.5 Å². The summed E-state index contributed by atoms with van der Waals surface area (Å²) in [5.41, 5.74) is 6.66. The Morgan fingerprint density at radius 2 is 2.00 bits per heavy atom. The maximum absolute atomic E-state index is 13.2. The normalized spacial score (nSPS) is 12.1. The van der Waals surface area contributed by atoms with Crippen molar-refractivity contribution in [3.05, 3.63) is 65.5 Å². The number of primary amides is 1. The van der Waals surface area contributed by atoms with Crippen LogP contribution in [0.3, 0.4) is 0 Å². The first-order valence-corrected chi connectivity index (χ1v) is 7.14. The molecule has 0 bridgehead atoms. The van der Waals surface area contributed by atoms with Crippen molar-refractivity contribution in [3.63, 3.8) is 0 Å². The molecule has 122 valence electrons. The molecule has 1 heterocycles. The van der Waals surface area contributed by atoms with E-state index in [4.69, 9.17) is 5.73 Å². The fourth-order valence-corrected chi connectivity index (χ4v) is 2.19. The summed E-state index contributed by atoms with van der Waals surface area (Å²) in [5, 5.41) is 22.1. The lowest BCUT2D eigenvalue weighted by Gasteiger charge is -2.09. The zero-order valence-corrected chi connectivity index (χ0v) is 12.5. The van der Waals surface area contributed by atoms with Crippen LogP contribution >= 0.6 is 0 Å². The lowest BCUT2D eigenvalue weighted by atomic mass is 10.1. The van der Waals surface area contributed by atoms with Crippen LogP contribution in [0.5, 0.6) is 0 Å². The molecule has 8 heteroatoms. The van der Waals surface area contributed by atoms with Crippen LogP contribution in [-0.4, -0.2) is 31.2 Å². The van der Waals surface area contributed by atoms with Gasteiger partial charge in [0, 0.05) is 11.1 Å². The molecule has 0 fully saturated rings. The Morgan fingerprint density at radius 3 is 2.67 bits per heavy atom. The van der Waals surface area contributed by atoms with Crippen molar-refractivity contribution < 1.29 is 14.3 Å². The van der Waals surface area contributed by atoms with Gasteiger partial charge in [-0.15, -0.1) is 10.2 Å². The molecule has 0 aliphatic carbocycles. The van der Waals surface area contributed by atoms with Crippen molar-refractivity contribution in [1.29, 1.82) is 0 Å². The quantitative estimate of drug-likeness (QED) is 0.735. The summed E-state index contributed by atoms with van der Waals surface area (Å²) < 4.78 is 13.2. The molecule has 1 aromatic heterocycles. The van der Waals surface area contributed by atoms with E-state index in [1.54, 1.807) is 30.3 Å². The van der Waals surface area contributed by atoms with Crippen LogP contribution in [0, 0.1) is 5.82 Å². The second-order valence-corrected chi connectivity index (χ2v) is 5.18. The Morgan fingerprint density at radius 1 is 1.25 bits per heavy atom. The van der Waals surface area contributed by atoms with Crippen LogP contribution in [0.2, 0.25) is 0 Å². The van der Waals surface area contributed by atoms with E-state index < -0.39 is 17.8 Å². The van der Waals surface area contributed by atoms with Gasteiger partial charge in [-0.05, 0) is 35.0 Å². The van der Waals surface area contributed by atoms with Crippen LogP contribution in [0.4, 0.5) is 4.39 Å². The number of hydrogen-bond donors (Lipinski definition) is 2. The van der Waals surface area contributed by atoms with Crippen LogP contribution in [0.25, 0.3) is 11.4 Å². The Hall–Kier alpha value is -3.13. The van der Waals surface area contributed by atoms with E-state index in [1.807, 2.05) is 0 Å². The van der Waals surface area contributed by atoms with E-state index in [0.717, 1.165) is 0 Å². The molecule has 0 radical (unpaired) electrons. The van der Waals surface area contributed by atoms with Crippen molar-refractivity contribution in [2.45, 2.75) is 12.6 Å². The predicted molar refractivity (Wildman–Crippen MR) is 83.1 cm³/mol. The maximum atomic E-state index is 13.2. The van der Waals surface area contributed by atoms with Crippen LogP contribution in [-0.2, 0) is 6.54 Å². The van der Waals surface area contributed by atoms with Gasteiger partial charge < -0.3 is 10.8 Å². The number of carbonyl (C=O) groups excluding carboxylic acids is 1. The third-order valence-corrected chi connectivity index (χ3v) is 3.45. The number of aliphatic hydroxyl groups excluding tert-OH is 1. The largest absolute Gasteiger partial charge is 0.386 e. The smallest absolute Gasteiger partial charge is 0.248 e. The van der Waals surface area contributed by atoms with E-state index in [2.05, 4.69) is 15.4 Å². The highest BCUT2D eigenvalue weighted by atomic mass is 19.1. The van der Waals surface area contributed by atoms with Crippen molar-refractivity contribution in [3.8, 4) is 11.4 Å². The summed E-state index contributed by atoms with van der Waals surface area (Å²) in [7, 11) is 0. The predicted octanol–water partition coefficient (Wildman–Crippen LogP) is 1.31. The summed E-state index contributed by atoms with van der Waals surface area (Å²) in [4.78, 5) is 12.3. The first-order chi connectivity index (χ1) is 11.5. The summed E-state index contributed by atoms with van der Waals surface area (Å²) in [6, 6.07) is 12.2. The zero-order valence-electron chi connectivity index (χ0n) is 12.5. The van der Waals surface area contributed by atoms with E-state index in [9.17, 15) is 14.3 Å². The van der Waals surface area contributed by atoms with Crippen molar-refractivity contribution in [2.24, 2.45) is 5.73 Å². The number of rotatable bonds is 5. The maximum Gasteiger partial charge on any atom is 0.248 e. The van der Waals surface area contributed by atoms with Crippen LogP contribution in [0.1, 0.15) is 22.0 Å². The molecule has 1 atom stereocenters. The average Bonchev–Trinajstić information content (AvgIpc) is 3.03. The Labute approximate surface area is 136 Å². The molecule has 7 nitrogen and oxygen atoms in total. The summed E-state index contributed by atoms with van der Waals surface area (Å²) in [6.07, 6.45) is -0.958. The molecule has 0 unspecified atom stereocenters. The number of halogens is 1. The Balaban J connectivity index is 1.74. The number of tetrazole rings is 1. The number of hydrogen-bond acceptors (Lipinski definition) is 5. The minimum atomic E-state index is -0.958. The summed E-state index contributed by atoms with van der Waals surface area (Å²) in [5.74, 6) is -0.595. The van der Waals surface area contributed by atoms with Gasteiger partial charge in [0.2, 0.25) is 11.7 Å². The third kappa shape index (κ3) is 3.44. The molecule has 3 aromatic rings. The standard InChI is InChI=1S/C16H14FN5O2/c17-13-3-1-2-12(8-13)14(23)9-22-20-16(19-21-22)11-6-4-10(5-7-11)15(18)24/h1-8,14,23H,9H2,(H2,18,24)/t14-/m0/s1. The first kappa shape index (κ1) is 15.8. The molecule has 0 aliphatic rings. The third-order valence-electron chi connectivity index (χ3n) is 3.45. The second kappa shape index (κ2) is 6.55. The van der Waals surface area contributed by atoms with Crippen LogP contribution in [0.15, 0.2) is 48.5 Å². The van der Waals surface area contributed by atoms with Crippen LogP contribution < -0.4 is 5.73 Å². The van der Waals surface area contributed by atoms with Crippen molar-refractivity contribution in [2.75, 3.05) is 0 Å². The van der Waals surface area contributed by atoms with Crippen molar-refractivity contribution >= 4 is 5.91 Å². The molecule has 3 N–H and O–H groups in total. The van der Waals surface area contributed by atoms with E-state index >= 15 is 0 Å². The molecular formula is C16H14FN5O2. The lowest BCUT2D eigenvalue weighted by molar-refractivity contribution is 0.1000. The van der Waals surface area contributed by atoms with E-state index in [-0.39, 0.29) is 6.54 Å². The van der Waals surface area contributed by atoms with Gasteiger partial charge in [0.15, 0.2) is 0 Å². The number of nitrogens with two attached hydrogens (primary N) is 1. The Bertz CT molecular complexity index is 863. The highest BCUT2D eigenvalue weighted by Gasteiger charge is 2.13. The zero-order chi connectivity index (χ0) is 17.1. The molecular weight excluding hydrogens is 313 g/mol. The number of aliphatic hydroxyl groups is 1. The fourth-order valence-electron chi connectivity index (χ4n) is 2.19. The molecule has 0 saturated heterocycles. The number of nitrogens with zero attached hydrogens (tertiary/aromatic N) is 4. The van der Waals surface area contributed by atoms with Gasteiger partial charge in [-0.1, -0.05) is 24.3 Å². The molecule has 0 aliphatic heterocycles. The highest BCUT2D eigenvalue weighted by Crippen LogP contribution is 2.17. The number of benzene rings is 2. The highest BCUT2D eigenvalue weighted by molar-refractivity contribution is 5.93. The topological polar surface area (TPSA) is 107 Å². The minimum absolute atomic E-state index is 0.0375.